The fraction of sp³-hybridized carbons (Fsp3) is 0.385. The Hall–Kier alpha value is -1.40. The van der Waals surface area contributed by atoms with E-state index in [9.17, 15) is 13.2 Å². The summed E-state index contributed by atoms with van der Waals surface area (Å²) in [5, 5.41) is 0.275. The van der Waals surface area contributed by atoms with Gasteiger partial charge in [0.2, 0.25) is 0 Å². The number of hydrogen-bond acceptors (Lipinski definition) is 4. The molecule has 20 heavy (non-hydrogen) atoms. The van der Waals surface area contributed by atoms with Crippen LogP contribution in [0.1, 0.15) is 31.0 Å². The second kappa shape index (κ2) is 4.56. The van der Waals surface area contributed by atoms with Crippen molar-refractivity contribution in [3.8, 4) is 0 Å². The molecule has 0 spiro atoms. The molecule has 3 rings (SSSR count). The average molecular weight is 313 g/mol. The lowest BCUT2D eigenvalue weighted by atomic mass is 9.84. The lowest BCUT2D eigenvalue weighted by molar-refractivity contribution is 0.389. The molecule has 7 heteroatoms. The molecular weight excluding hydrogens is 300 g/mol. The van der Waals surface area contributed by atoms with Crippen LogP contribution in [0.4, 0.5) is 0 Å². The Morgan fingerprint density at radius 2 is 2.05 bits per heavy atom. The van der Waals surface area contributed by atoms with E-state index in [-0.39, 0.29) is 15.8 Å². The summed E-state index contributed by atoms with van der Waals surface area (Å²) in [7, 11) is 3.13. The molecule has 0 amide bonds. The maximum Gasteiger partial charge on any atom is 0.261 e. The molecule has 0 saturated heterocycles. The minimum absolute atomic E-state index is 0.0815. The average Bonchev–Trinajstić information content (AvgIpc) is 2.32. The first kappa shape index (κ1) is 13.6. The van der Waals surface area contributed by atoms with Gasteiger partial charge in [0.05, 0.1) is 15.8 Å². The quantitative estimate of drug-likeness (QED) is 0.797. The third-order valence-electron chi connectivity index (χ3n) is 3.83. The first-order chi connectivity index (χ1) is 9.38. The van der Waals surface area contributed by atoms with Crippen LogP contribution in [0.3, 0.4) is 0 Å². The van der Waals surface area contributed by atoms with Gasteiger partial charge >= 0.3 is 0 Å². The summed E-state index contributed by atoms with van der Waals surface area (Å²) in [6.07, 6.45) is 3.24. The molecule has 0 radical (unpaired) electrons. The van der Waals surface area contributed by atoms with Gasteiger partial charge in [0.15, 0.2) is 0 Å². The summed E-state index contributed by atoms with van der Waals surface area (Å²) in [5.74, 6) is 1.10. The van der Waals surface area contributed by atoms with Gasteiger partial charge in [-0.05, 0) is 31.0 Å². The van der Waals surface area contributed by atoms with Gasteiger partial charge in [-0.3, -0.25) is 9.36 Å². The van der Waals surface area contributed by atoms with Crippen LogP contribution in [0.25, 0.3) is 10.9 Å². The highest BCUT2D eigenvalue weighted by Gasteiger charge is 2.24. The fourth-order valence-electron chi connectivity index (χ4n) is 2.45. The summed E-state index contributed by atoms with van der Waals surface area (Å²) >= 11 is 0. The number of halogens is 1. The summed E-state index contributed by atoms with van der Waals surface area (Å²) in [6.45, 7) is 0. The highest BCUT2D eigenvalue weighted by atomic mass is 35.7. The van der Waals surface area contributed by atoms with E-state index in [2.05, 4.69) is 4.98 Å². The van der Waals surface area contributed by atoms with Crippen LogP contribution in [-0.4, -0.2) is 18.0 Å². The van der Waals surface area contributed by atoms with Crippen LogP contribution in [0.15, 0.2) is 27.9 Å². The number of rotatable bonds is 2. The maximum absolute atomic E-state index is 12.4. The highest BCUT2D eigenvalue weighted by Crippen LogP contribution is 2.35. The Balaban J connectivity index is 2.27. The minimum Gasteiger partial charge on any atom is -0.299 e. The minimum atomic E-state index is -3.85. The van der Waals surface area contributed by atoms with E-state index in [4.69, 9.17) is 10.7 Å². The van der Waals surface area contributed by atoms with Gasteiger partial charge in [0, 0.05) is 23.6 Å². The molecule has 5 nitrogen and oxygen atoms in total. The zero-order valence-corrected chi connectivity index (χ0v) is 12.4. The van der Waals surface area contributed by atoms with Crippen molar-refractivity contribution >= 4 is 30.6 Å². The normalized spacial score (nSPS) is 16.3. The summed E-state index contributed by atoms with van der Waals surface area (Å²) in [5.41, 5.74) is 0.276. The highest BCUT2D eigenvalue weighted by molar-refractivity contribution is 8.13. The van der Waals surface area contributed by atoms with E-state index in [0.717, 1.165) is 25.1 Å². The molecular formula is C13H13ClN2O3S. The molecule has 1 aromatic carbocycles. The van der Waals surface area contributed by atoms with Gasteiger partial charge in [-0.2, -0.15) is 0 Å². The number of hydrogen-bond donors (Lipinski definition) is 0. The Bertz CT molecular complexity index is 854. The van der Waals surface area contributed by atoms with Gasteiger partial charge < -0.3 is 0 Å². The van der Waals surface area contributed by atoms with Crippen LogP contribution < -0.4 is 5.56 Å². The van der Waals surface area contributed by atoms with Crippen LogP contribution in [0.5, 0.6) is 0 Å². The van der Waals surface area contributed by atoms with Crippen LogP contribution in [0, 0.1) is 0 Å². The molecule has 1 fully saturated rings. The molecule has 0 unspecified atom stereocenters. The lowest BCUT2D eigenvalue weighted by Gasteiger charge is -2.26. The Morgan fingerprint density at radius 3 is 2.60 bits per heavy atom. The monoisotopic (exact) mass is 312 g/mol. The molecule has 1 aromatic heterocycles. The fourth-order valence-corrected chi connectivity index (χ4v) is 3.23. The molecule has 0 aliphatic heterocycles. The second-order valence-corrected chi connectivity index (χ2v) is 7.64. The molecule has 1 heterocycles. The van der Waals surface area contributed by atoms with Gasteiger partial charge in [0.25, 0.3) is 14.6 Å². The molecule has 106 valence electrons. The van der Waals surface area contributed by atoms with Crippen LogP contribution >= 0.6 is 10.7 Å². The van der Waals surface area contributed by atoms with Crippen molar-refractivity contribution < 1.29 is 8.42 Å². The number of nitrogens with zero attached hydrogens (tertiary/aromatic N) is 2. The second-order valence-electron chi connectivity index (χ2n) is 5.08. The number of fused-ring (bicyclic) bond motifs is 1. The Labute approximate surface area is 120 Å². The molecule has 0 atom stereocenters. The van der Waals surface area contributed by atoms with Crippen molar-refractivity contribution in [2.75, 3.05) is 0 Å². The van der Waals surface area contributed by atoms with Crippen molar-refractivity contribution in [1.82, 2.24) is 9.55 Å². The Kier molecular flexibility index (Phi) is 3.10. The van der Waals surface area contributed by atoms with Gasteiger partial charge in [-0.15, -0.1) is 0 Å². The van der Waals surface area contributed by atoms with Crippen molar-refractivity contribution in [3.63, 3.8) is 0 Å². The van der Waals surface area contributed by atoms with E-state index in [1.807, 2.05) is 0 Å². The number of benzene rings is 1. The van der Waals surface area contributed by atoms with Crippen molar-refractivity contribution in [2.24, 2.45) is 7.05 Å². The van der Waals surface area contributed by atoms with E-state index in [0.29, 0.717) is 11.4 Å². The first-order valence-electron chi connectivity index (χ1n) is 6.33. The Morgan fingerprint density at radius 1 is 1.35 bits per heavy atom. The first-order valence-corrected chi connectivity index (χ1v) is 8.64. The lowest BCUT2D eigenvalue weighted by Crippen LogP contribution is -2.26. The standard InChI is InChI=1S/C13H13ClN2O3S/c1-16-12(8-3-2-4-8)15-11-6-5-9(20(14,18)19)7-10(11)13(16)17/h5-8H,2-4H2,1H3. The molecule has 1 saturated carbocycles. The van der Waals surface area contributed by atoms with Gasteiger partial charge in [-0.25, -0.2) is 13.4 Å². The van der Waals surface area contributed by atoms with E-state index >= 15 is 0 Å². The van der Waals surface area contributed by atoms with Crippen LogP contribution in [-0.2, 0) is 16.1 Å². The molecule has 1 aliphatic carbocycles. The largest absolute Gasteiger partial charge is 0.299 e. The van der Waals surface area contributed by atoms with Gasteiger partial charge in [-0.1, -0.05) is 6.42 Å². The zero-order chi connectivity index (χ0) is 14.5. The third-order valence-corrected chi connectivity index (χ3v) is 5.19. The zero-order valence-electron chi connectivity index (χ0n) is 10.8. The predicted octanol–water partition coefficient (Wildman–Crippen LogP) is 2.13. The third kappa shape index (κ3) is 2.13. The summed E-state index contributed by atoms with van der Waals surface area (Å²) in [4.78, 5) is 16.8. The summed E-state index contributed by atoms with van der Waals surface area (Å²) in [6, 6.07) is 4.20. The van der Waals surface area contributed by atoms with Gasteiger partial charge in [0.1, 0.15) is 5.82 Å². The predicted molar refractivity (Wildman–Crippen MR) is 76.6 cm³/mol. The van der Waals surface area contributed by atoms with E-state index < -0.39 is 9.05 Å². The smallest absolute Gasteiger partial charge is 0.261 e. The molecule has 1 aliphatic rings. The van der Waals surface area contributed by atoms with E-state index in [1.54, 1.807) is 7.05 Å². The molecule has 0 N–H and O–H groups in total. The molecule has 2 aromatic rings. The van der Waals surface area contributed by atoms with Crippen molar-refractivity contribution in [3.05, 3.63) is 34.4 Å². The summed E-state index contributed by atoms with van der Waals surface area (Å²) < 4.78 is 24.2. The van der Waals surface area contributed by atoms with E-state index in [1.165, 1.54) is 22.8 Å². The van der Waals surface area contributed by atoms with Crippen molar-refractivity contribution in [1.29, 1.82) is 0 Å². The topological polar surface area (TPSA) is 69.0 Å². The van der Waals surface area contributed by atoms with Crippen LogP contribution in [0.2, 0.25) is 0 Å². The SMILES string of the molecule is Cn1c(C2CCC2)nc2ccc(S(=O)(=O)Cl)cc2c1=O. The maximum atomic E-state index is 12.4. The van der Waals surface area contributed by atoms with Crippen molar-refractivity contribution in [2.45, 2.75) is 30.1 Å². The number of aromatic nitrogens is 2. The molecule has 0 bridgehead atoms.